The Hall–Kier alpha value is -2.14. The SMILES string of the molecule is C=C(C)C(=O)Oc1ccc(OC(=O)C2CCCC(O)C2)cc1. The lowest BCUT2D eigenvalue weighted by atomic mass is 9.87. The fourth-order valence-electron chi connectivity index (χ4n) is 2.35. The highest BCUT2D eigenvalue weighted by Crippen LogP contribution is 2.26. The second kappa shape index (κ2) is 7.22. The lowest BCUT2D eigenvalue weighted by molar-refractivity contribution is -0.141. The summed E-state index contributed by atoms with van der Waals surface area (Å²) in [4.78, 5) is 23.4. The Kier molecular flexibility index (Phi) is 5.33. The van der Waals surface area contributed by atoms with E-state index in [1.54, 1.807) is 31.2 Å². The predicted molar refractivity (Wildman–Crippen MR) is 80.5 cm³/mol. The van der Waals surface area contributed by atoms with Crippen molar-refractivity contribution in [3.05, 3.63) is 36.4 Å². The normalized spacial score (nSPS) is 21.0. The quantitative estimate of drug-likeness (QED) is 0.526. The topological polar surface area (TPSA) is 72.8 Å². The van der Waals surface area contributed by atoms with E-state index in [1.165, 1.54) is 0 Å². The van der Waals surface area contributed by atoms with Gasteiger partial charge < -0.3 is 14.6 Å². The zero-order chi connectivity index (χ0) is 16.1. The van der Waals surface area contributed by atoms with Crippen LogP contribution in [-0.4, -0.2) is 23.1 Å². The largest absolute Gasteiger partial charge is 0.426 e. The zero-order valence-corrected chi connectivity index (χ0v) is 12.6. The third-order valence-electron chi connectivity index (χ3n) is 3.58. The number of ether oxygens (including phenoxy) is 2. The summed E-state index contributed by atoms with van der Waals surface area (Å²) < 4.78 is 10.4. The summed E-state index contributed by atoms with van der Waals surface area (Å²) in [6.07, 6.45) is 2.34. The van der Waals surface area contributed by atoms with Gasteiger partial charge in [0.15, 0.2) is 0 Å². The molecule has 2 atom stereocenters. The first kappa shape index (κ1) is 16.2. The molecule has 1 N–H and O–H groups in total. The molecule has 22 heavy (non-hydrogen) atoms. The molecule has 5 nitrogen and oxygen atoms in total. The van der Waals surface area contributed by atoms with E-state index < -0.39 is 12.1 Å². The van der Waals surface area contributed by atoms with Crippen molar-refractivity contribution in [2.45, 2.75) is 38.7 Å². The van der Waals surface area contributed by atoms with E-state index in [0.29, 0.717) is 23.5 Å². The first-order valence-electron chi connectivity index (χ1n) is 7.33. The van der Waals surface area contributed by atoms with Gasteiger partial charge in [-0.3, -0.25) is 4.79 Å². The van der Waals surface area contributed by atoms with Crippen molar-refractivity contribution in [1.29, 1.82) is 0 Å². The van der Waals surface area contributed by atoms with Crippen LogP contribution in [0.25, 0.3) is 0 Å². The highest BCUT2D eigenvalue weighted by molar-refractivity contribution is 5.88. The molecule has 0 aromatic heterocycles. The van der Waals surface area contributed by atoms with E-state index in [9.17, 15) is 14.7 Å². The van der Waals surface area contributed by atoms with Crippen LogP contribution in [0, 0.1) is 5.92 Å². The van der Waals surface area contributed by atoms with Crippen molar-refractivity contribution in [3.8, 4) is 11.5 Å². The maximum absolute atomic E-state index is 12.0. The average molecular weight is 304 g/mol. The molecule has 0 spiro atoms. The van der Waals surface area contributed by atoms with Crippen molar-refractivity contribution in [2.75, 3.05) is 0 Å². The average Bonchev–Trinajstić information content (AvgIpc) is 2.49. The summed E-state index contributed by atoms with van der Waals surface area (Å²) in [5.74, 6) is -0.336. The lowest BCUT2D eigenvalue weighted by Crippen LogP contribution is -2.28. The van der Waals surface area contributed by atoms with E-state index in [1.807, 2.05) is 0 Å². The van der Waals surface area contributed by atoms with Gasteiger partial charge in [0.25, 0.3) is 0 Å². The van der Waals surface area contributed by atoms with Crippen molar-refractivity contribution >= 4 is 11.9 Å². The van der Waals surface area contributed by atoms with Gasteiger partial charge in [-0.2, -0.15) is 0 Å². The lowest BCUT2D eigenvalue weighted by Gasteiger charge is -2.24. The van der Waals surface area contributed by atoms with Crippen LogP contribution in [0.4, 0.5) is 0 Å². The van der Waals surface area contributed by atoms with Gasteiger partial charge in [0.2, 0.25) is 0 Å². The monoisotopic (exact) mass is 304 g/mol. The molecular weight excluding hydrogens is 284 g/mol. The van der Waals surface area contributed by atoms with Crippen molar-refractivity contribution < 1.29 is 24.2 Å². The number of hydrogen-bond acceptors (Lipinski definition) is 5. The summed E-state index contributed by atoms with van der Waals surface area (Å²) >= 11 is 0. The molecular formula is C17H20O5. The molecule has 0 aliphatic heterocycles. The first-order chi connectivity index (χ1) is 10.5. The second-order valence-electron chi connectivity index (χ2n) is 5.58. The van der Waals surface area contributed by atoms with Crippen LogP contribution >= 0.6 is 0 Å². The van der Waals surface area contributed by atoms with Crippen LogP contribution in [-0.2, 0) is 9.59 Å². The van der Waals surface area contributed by atoms with Gasteiger partial charge >= 0.3 is 11.9 Å². The summed E-state index contributed by atoms with van der Waals surface area (Å²) in [5.41, 5.74) is 0.311. The van der Waals surface area contributed by atoms with Crippen LogP contribution in [0.2, 0.25) is 0 Å². The van der Waals surface area contributed by atoms with Gasteiger partial charge in [-0.15, -0.1) is 0 Å². The highest BCUT2D eigenvalue weighted by Gasteiger charge is 2.27. The predicted octanol–water partition coefficient (Wildman–Crippen LogP) is 2.62. The van der Waals surface area contributed by atoms with E-state index >= 15 is 0 Å². The standard InChI is InChI=1S/C17H20O5/c1-11(2)16(19)21-14-6-8-15(9-7-14)22-17(20)12-4-3-5-13(18)10-12/h6-9,12-13,18H,1,3-5,10H2,2H3. The van der Waals surface area contributed by atoms with Gasteiger partial charge in [-0.05, 0) is 50.5 Å². The third kappa shape index (κ3) is 4.43. The zero-order valence-electron chi connectivity index (χ0n) is 12.6. The van der Waals surface area contributed by atoms with Gasteiger partial charge in [-0.25, -0.2) is 4.79 Å². The number of hydrogen-bond donors (Lipinski definition) is 1. The maximum Gasteiger partial charge on any atom is 0.338 e. The molecule has 1 aromatic carbocycles. The smallest absolute Gasteiger partial charge is 0.338 e. The second-order valence-corrected chi connectivity index (χ2v) is 5.58. The molecule has 0 saturated heterocycles. The van der Waals surface area contributed by atoms with Crippen LogP contribution in [0.15, 0.2) is 36.4 Å². The molecule has 1 aromatic rings. The fourth-order valence-corrected chi connectivity index (χ4v) is 2.35. The molecule has 0 radical (unpaired) electrons. The molecule has 118 valence electrons. The van der Waals surface area contributed by atoms with Crippen LogP contribution in [0.1, 0.15) is 32.6 Å². The molecule has 1 fully saturated rings. The Morgan fingerprint density at radius 3 is 2.27 bits per heavy atom. The highest BCUT2D eigenvalue weighted by atomic mass is 16.5. The Labute approximate surface area is 129 Å². The minimum atomic E-state index is -0.499. The molecule has 1 aliphatic carbocycles. The number of rotatable bonds is 4. The summed E-state index contributed by atoms with van der Waals surface area (Å²) in [5, 5.41) is 9.60. The number of carbonyl (C=O) groups excluding carboxylic acids is 2. The van der Waals surface area contributed by atoms with Crippen molar-refractivity contribution in [1.82, 2.24) is 0 Å². The Bertz CT molecular complexity index is 561. The molecule has 0 heterocycles. The van der Waals surface area contributed by atoms with E-state index in [4.69, 9.17) is 9.47 Å². The minimum Gasteiger partial charge on any atom is -0.426 e. The van der Waals surface area contributed by atoms with Gasteiger partial charge in [-0.1, -0.05) is 13.0 Å². The first-order valence-corrected chi connectivity index (χ1v) is 7.33. The number of carbonyl (C=O) groups is 2. The Balaban J connectivity index is 1.92. The summed E-state index contributed by atoms with van der Waals surface area (Å²) in [7, 11) is 0. The van der Waals surface area contributed by atoms with E-state index in [-0.39, 0.29) is 11.9 Å². The number of aliphatic hydroxyl groups excluding tert-OH is 1. The summed E-state index contributed by atoms with van der Waals surface area (Å²) in [6, 6.07) is 6.24. The van der Waals surface area contributed by atoms with Gasteiger partial charge in [0, 0.05) is 5.57 Å². The Morgan fingerprint density at radius 1 is 1.14 bits per heavy atom. The number of esters is 2. The van der Waals surface area contributed by atoms with Crippen molar-refractivity contribution in [2.24, 2.45) is 5.92 Å². The maximum atomic E-state index is 12.0. The number of benzene rings is 1. The fraction of sp³-hybridized carbons (Fsp3) is 0.412. The molecule has 1 aliphatic rings. The van der Waals surface area contributed by atoms with Crippen molar-refractivity contribution in [3.63, 3.8) is 0 Å². The van der Waals surface area contributed by atoms with E-state index in [0.717, 1.165) is 19.3 Å². The van der Waals surface area contributed by atoms with Gasteiger partial charge in [0.1, 0.15) is 11.5 Å². The summed E-state index contributed by atoms with van der Waals surface area (Å²) in [6.45, 7) is 5.07. The van der Waals surface area contributed by atoms with E-state index in [2.05, 4.69) is 6.58 Å². The number of aliphatic hydroxyl groups is 1. The van der Waals surface area contributed by atoms with Crippen LogP contribution < -0.4 is 9.47 Å². The van der Waals surface area contributed by atoms with Crippen LogP contribution in [0.5, 0.6) is 11.5 Å². The molecule has 2 unspecified atom stereocenters. The molecule has 5 heteroatoms. The molecule has 0 amide bonds. The molecule has 1 saturated carbocycles. The van der Waals surface area contributed by atoms with Crippen LogP contribution in [0.3, 0.4) is 0 Å². The minimum absolute atomic E-state index is 0.260. The third-order valence-corrected chi connectivity index (χ3v) is 3.58. The van der Waals surface area contributed by atoms with Gasteiger partial charge in [0.05, 0.1) is 12.0 Å². The molecule has 0 bridgehead atoms. The Morgan fingerprint density at radius 2 is 1.73 bits per heavy atom. The molecule has 2 rings (SSSR count).